The van der Waals surface area contributed by atoms with Gasteiger partial charge in [0.1, 0.15) is 0 Å². The lowest BCUT2D eigenvalue weighted by Crippen LogP contribution is -2.06. The number of anilines is 1. The maximum absolute atomic E-state index is 10.8. The Balaban J connectivity index is 2.16. The minimum absolute atomic E-state index is 0.600. The molecule has 0 atom stereocenters. The molecule has 0 aliphatic heterocycles. The lowest BCUT2D eigenvalue weighted by molar-refractivity contribution is 0.210. The minimum Gasteiger partial charge on any atom is -0.465 e. The van der Waals surface area contributed by atoms with Crippen LogP contribution in [-0.2, 0) is 0 Å². The van der Waals surface area contributed by atoms with Crippen LogP contribution in [0.5, 0.6) is 0 Å². The summed E-state index contributed by atoms with van der Waals surface area (Å²) in [4.78, 5) is 10.8. The standard InChI is InChI=1S/C17H11NO2/c19-17(20)18-14-8-12-6-4-10-2-1-3-11-5-7-13(9-14)16(12)15(10)11/h1-9,18H,(H,19,20). The van der Waals surface area contributed by atoms with Crippen molar-refractivity contribution in [3.63, 3.8) is 0 Å². The van der Waals surface area contributed by atoms with Crippen molar-refractivity contribution >= 4 is 44.1 Å². The lowest BCUT2D eigenvalue weighted by atomic mass is 9.94. The van der Waals surface area contributed by atoms with E-state index in [-0.39, 0.29) is 0 Å². The van der Waals surface area contributed by atoms with E-state index in [1.807, 2.05) is 24.3 Å². The van der Waals surface area contributed by atoms with Gasteiger partial charge in [-0.05, 0) is 44.5 Å². The van der Waals surface area contributed by atoms with Gasteiger partial charge in [0.05, 0.1) is 0 Å². The number of hydrogen-bond donors (Lipinski definition) is 2. The Bertz CT molecular complexity index is 895. The third kappa shape index (κ3) is 1.50. The molecule has 96 valence electrons. The molecule has 0 saturated carbocycles. The first-order valence-electron chi connectivity index (χ1n) is 6.40. The predicted molar refractivity (Wildman–Crippen MR) is 81.8 cm³/mol. The van der Waals surface area contributed by atoms with E-state index in [1.54, 1.807) is 0 Å². The number of hydrogen-bond acceptors (Lipinski definition) is 1. The quantitative estimate of drug-likeness (QED) is 0.489. The van der Waals surface area contributed by atoms with Gasteiger partial charge in [-0.25, -0.2) is 4.79 Å². The number of amides is 1. The van der Waals surface area contributed by atoms with Gasteiger partial charge in [-0.3, -0.25) is 5.32 Å². The molecule has 0 saturated heterocycles. The van der Waals surface area contributed by atoms with Crippen LogP contribution < -0.4 is 5.32 Å². The van der Waals surface area contributed by atoms with E-state index in [4.69, 9.17) is 5.11 Å². The second-order valence-corrected chi connectivity index (χ2v) is 4.94. The highest BCUT2D eigenvalue weighted by molar-refractivity contribution is 6.23. The van der Waals surface area contributed by atoms with Gasteiger partial charge in [-0.15, -0.1) is 0 Å². The van der Waals surface area contributed by atoms with Crippen LogP contribution in [0, 0.1) is 0 Å². The first kappa shape index (κ1) is 11.1. The lowest BCUT2D eigenvalue weighted by Gasteiger charge is -2.12. The molecule has 0 spiro atoms. The normalized spacial score (nSPS) is 11.4. The number of nitrogens with one attached hydrogen (secondary N) is 1. The van der Waals surface area contributed by atoms with E-state index >= 15 is 0 Å². The summed E-state index contributed by atoms with van der Waals surface area (Å²) in [5, 5.41) is 18.2. The van der Waals surface area contributed by atoms with Gasteiger partial charge in [-0.2, -0.15) is 0 Å². The third-order valence-electron chi connectivity index (χ3n) is 3.71. The van der Waals surface area contributed by atoms with Crippen molar-refractivity contribution in [2.45, 2.75) is 0 Å². The fraction of sp³-hybridized carbons (Fsp3) is 0. The first-order valence-corrected chi connectivity index (χ1v) is 6.40. The average Bonchev–Trinajstić information content (AvgIpc) is 2.44. The molecule has 1 amide bonds. The van der Waals surface area contributed by atoms with Crippen molar-refractivity contribution in [3.05, 3.63) is 54.6 Å². The van der Waals surface area contributed by atoms with Gasteiger partial charge in [0.25, 0.3) is 0 Å². The summed E-state index contributed by atoms with van der Waals surface area (Å²) in [6, 6.07) is 18.2. The van der Waals surface area contributed by atoms with Gasteiger partial charge < -0.3 is 5.11 Å². The molecule has 0 aliphatic carbocycles. The number of carboxylic acid groups (broad SMARTS) is 1. The summed E-state index contributed by atoms with van der Waals surface area (Å²) in [5.41, 5.74) is 0.600. The maximum Gasteiger partial charge on any atom is 0.409 e. The Morgan fingerprint density at radius 3 is 1.85 bits per heavy atom. The van der Waals surface area contributed by atoms with E-state index in [2.05, 4.69) is 35.6 Å². The smallest absolute Gasteiger partial charge is 0.409 e. The van der Waals surface area contributed by atoms with Crippen molar-refractivity contribution in [2.24, 2.45) is 0 Å². The van der Waals surface area contributed by atoms with Crippen LogP contribution in [0.25, 0.3) is 32.3 Å². The fourth-order valence-corrected chi connectivity index (χ4v) is 2.95. The molecule has 20 heavy (non-hydrogen) atoms. The second-order valence-electron chi connectivity index (χ2n) is 4.94. The van der Waals surface area contributed by atoms with Gasteiger partial charge in [0.15, 0.2) is 0 Å². The van der Waals surface area contributed by atoms with Gasteiger partial charge >= 0.3 is 6.09 Å². The second kappa shape index (κ2) is 3.84. The molecule has 0 aromatic heterocycles. The summed E-state index contributed by atoms with van der Waals surface area (Å²) >= 11 is 0. The molecule has 3 nitrogen and oxygen atoms in total. The van der Waals surface area contributed by atoms with Crippen LogP contribution in [0.4, 0.5) is 10.5 Å². The average molecular weight is 261 g/mol. The molecule has 0 bridgehead atoms. The number of carbonyl (C=O) groups is 1. The van der Waals surface area contributed by atoms with E-state index in [1.165, 1.54) is 21.5 Å². The highest BCUT2D eigenvalue weighted by Gasteiger charge is 2.09. The molecule has 0 unspecified atom stereocenters. The zero-order valence-electron chi connectivity index (χ0n) is 10.6. The molecule has 2 N–H and O–H groups in total. The molecule has 0 aliphatic rings. The Hall–Kier alpha value is -2.81. The highest BCUT2D eigenvalue weighted by atomic mass is 16.4. The van der Waals surface area contributed by atoms with Crippen molar-refractivity contribution in [2.75, 3.05) is 5.32 Å². The number of benzene rings is 4. The van der Waals surface area contributed by atoms with Gasteiger partial charge in [-0.1, -0.05) is 42.5 Å². The summed E-state index contributed by atoms with van der Waals surface area (Å²) in [6.07, 6.45) is -1.04. The van der Waals surface area contributed by atoms with Crippen LogP contribution in [0.1, 0.15) is 0 Å². The van der Waals surface area contributed by atoms with Crippen molar-refractivity contribution in [1.82, 2.24) is 0 Å². The topological polar surface area (TPSA) is 49.3 Å². The maximum atomic E-state index is 10.8. The van der Waals surface area contributed by atoms with Crippen molar-refractivity contribution < 1.29 is 9.90 Å². The van der Waals surface area contributed by atoms with E-state index in [9.17, 15) is 4.79 Å². The molecule has 0 radical (unpaired) electrons. The monoisotopic (exact) mass is 261 g/mol. The Kier molecular flexibility index (Phi) is 2.12. The SMILES string of the molecule is O=C(O)Nc1cc2ccc3cccc4ccc(c1)c2c34. The van der Waals surface area contributed by atoms with E-state index in [0.717, 1.165) is 10.8 Å². The van der Waals surface area contributed by atoms with E-state index in [0.29, 0.717) is 5.69 Å². The largest absolute Gasteiger partial charge is 0.465 e. The third-order valence-corrected chi connectivity index (χ3v) is 3.71. The van der Waals surface area contributed by atoms with Gasteiger partial charge in [0.2, 0.25) is 0 Å². The summed E-state index contributed by atoms with van der Waals surface area (Å²) in [5.74, 6) is 0. The molecule has 4 aromatic rings. The van der Waals surface area contributed by atoms with E-state index < -0.39 is 6.09 Å². The number of rotatable bonds is 1. The summed E-state index contributed by atoms with van der Waals surface area (Å²) in [6.45, 7) is 0. The Morgan fingerprint density at radius 2 is 1.30 bits per heavy atom. The molecule has 4 rings (SSSR count). The van der Waals surface area contributed by atoms with Crippen molar-refractivity contribution in [1.29, 1.82) is 0 Å². The Morgan fingerprint density at radius 1 is 0.800 bits per heavy atom. The summed E-state index contributed by atoms with van der Waals surface area (Å²) in [7, 11) is 0. The van der Waals surface area contributed by atoms with Gasteiger partial charge in [0, 0.05) is 5.69 Å². The van der Waals surface area contributed by atoms with Crippen LogP contribution in [0.3, 0.4) is 0 Å². The zero-order chi connectivity index (χ0) is 13.7. The molecule has 3 heteroatoms. The zero-order valence-corrected chi connectivity index (χ0v) is 10.6. The van der Waals surface area contributed by atoms with Crippen molar-refractivity contribution in [3.8, 4) is 0 Å². The fourth-order valence-electron chi connectivity index (χ4n) is 2.95. The Labute approximate surface area is 114 Å². The van der Waals surface area contributed by atoms with Crippen LogP contribution in [-0.4, -0.2) is 11.2 Å². The molecule has 0 heterocycles. The van der Waals surface area contributed by atoms with Crippen LogP contribution >= 0.6 is 0 Å². The highest BCUT2D eigenvalue weighted by Crippen LogP contribution is 2.35. The van der Waals surface area contributed by atoms with Crippen LogP contribution in [0.15, 0.2) is 54.6 Å². The van der Waals surface area contributed by atoms with Crippen LogP contribution in [0.2, 0.25) is 0 Å². The minimum atomic E-state index is -1.04. The molecule has 4 aromatic carbocycles. The first-order chi connectivity index (χ1) is 9.72. The molecular formula is C17H11NO2. The summed E-state index contributed by atoms with van der Waals surface area (Å²) < 4.78 is 0. The molecular weight excluding hydrogens is 250 g/mol. The predicted octanol–water partition coefficient (Wildman–Crippen LogP) is 4.67. The molecule has 0 fully saturated rings.